The first kappa shape index (κ1) is 8.21. The number of carboxylic acid groups (broad SMARTS) is 1. The summed E-state index contributed by atoms with van der Waals surface area (Å²) in [6, 6.07) is 0. The maximum Gasteiger partial charge on any atom is 0.290 e. The summed E-state index contributed by atoms with van der Waals surface area (Å²) < 4.78 is 0. The second-order valence-electron chi connectivity index (χ2n) is 2.15. The minimum absolute atomic E-state index is 0.250. The van der Waals surface area contributed by atoms with E-state index in [0.29, 0.717) is 0 Å². The summed E-state index contributed by atoms with van der Waals surface area (Å²) in [5, 5.41) is 6.89. The minimum Gasteiger partial charge on any atom is -0.483 e. The highest BCUT2D eigenvalue weighted by Crippen LogP contribution is 2.15. The van der Waals surface area contributed by atoms with Crippen LogP contribution in [0.15, 0.2) is 12.2 Å². The first-order valence-corrected chi connectivity index (χ1v) is 3.04. The van der Waals surface area contributed by atoms with Gasteiger partial charge >= 0.3 is 0 Å². The van der Waals surface area contributed by atoms with Crippen LogP contribution in [0.25, 0.3) is 0 Å². The quantitative estimate of drug-likeness (QED) is 0.398. The molecule has 2 nitrogen and oxygen atoms in total. The van der Waals surface area contributed by atoms with Gasteiger partial charge in [0.15, 0.2) is 0 Å². The third-order valence-electron chi connectivity index (χ3n) is 1.24. The molecular weight excluding hydrogens is 116 g/mol. The van der Waals surface area contributed by atoms with Crippen LogP contribution in [0.3, 0.4) is 0 Å². The normalized spacial score (nSPS) is 16.6. The van der Waals surface area contributed by atoms with E-state index >= 15 is 0 Å². The van der Waals surface area contributed by atoms with E-state index in [0.717, 1.165) is 5.92 Å². The Labute approximate surface area is 55.2 Å². The van der Waals surface area contributed by atoms with Crippen molar-refractivity contribution < 1.29 is 9.90 Å². The molecule has 0 saturated heterocycles. The minimum atomic E-state index is -0.250. The van der Waals surface area contributed by atoms with Crippen molar-refractivity contribution in [2.45, 2.75) is 19.8 Å². The molecule has 2 heteroatoms. The van der Waals surface area contributed by atoms with Crippen LogP contribution in [0.2, 0.25) is 0 Å². The van der Waals surface area contributed by atoms with Gasteiger partial charge in [0.05, 0.1) is 0 Å². The van der Waals surface area contributed by atoms with Gasteiger partial charge in [0.2, 0.25) is 0 Å². The molecule has 9 heavy (non-hydrogen) atoms. The first-order valence-electron chi connectivity index (χ1n) is 3.04. The van der Waals surface area contributed by atoms with Crippen LogP contribution >= 0.6 is 0 Å². The summed E-state index contributed by atoms with van der Waals surface area (Å²) in [4.78, 5) is 8.36. The van der Waals surface area contributed by atoms with Gasteiger partial charge in [0, 0.05) is 0 Å². The molecule has 0 heterocycles. The predicted octanol–water partition coefficient (Wildman–Crippen LogP) is 1.67. The zero-order valence-corrected chi connectivity index (χ0v) is 5.58. The molecule has 0 radical (unpaired) electrons. The molecule has 0 amide bonds. The first-order chi connectivity index (χ1) is 4.31. The lowest BCUT2D eigenvalue weighted by Crippen LogP contribution is -1.79. The molecule has 0 aromatic carbocycles. The van der Waals surface area contributed by atoms with Crippen molar-refractivity contribution in [3.8, 4) is 0 Å². The number of hydrogen-bond acceptors (Lipinski definition) is 1. The molecule has 0 saturated carbocycles. The molecule has 52 valence electrons. The van der Waals surface area contributed by atoms with E-state index in [9.17, 15) is 0 Å². The van der Waals surface area contributed by atoms with E-state index in [2.05, 4.69) is 19.1 Å². The molecule has 1 aliphatic carbocycles. The number of rotatable bonds is 0. The fraction of sp³-hybridized carbons (Fsp3) is 0.571. The number of allylic oxidation sites excluding steroid dienone is 2. The SMILES string of the molecule is CC1CC=CC1.O=CO. The van der Waals surface area contributed by atoms with Crippen LogP contribution in [0.4, 0.5) is 0 Å². The maximum atomic E-state index is 8.36. The molecule has 0 aromatic heterocycles. The van der Waals surface area contributed by atoms with Crippen LogP contribution in [0, 0.1) is 5.92 Å². The topological polar surface area (TPSA) is 37.3 Å². The smallest absolute Gasteiger partial charge is 0.290 e. The molecule has 1 aliphatic rings. The Kier molecular flexibility index (Phi) is 4.88. The molecule has 0 atom stereocenters. The Balaban J connectivity index is 0.000000187. The van der Waals surface area contributed by atoms with Gasteiger partial charge in [0.25, 0.3) is 6.47 Å². The molecule has 0 unspecified atom stereocenters. The second kappa shape index (κ2) is 5.35. The van der Waals surface area contributed by atoms with E-state index < -0.39 is 0 Å². The predicted molar refractivity (Wildman–Crippen MR) is 36.2 cm³/mol. The van der Waals surface area contributed by atoms with Crippen molar-refractivity contribution in [2.24, 2.45) is 5.92 Å². The largest absolute Gasteiger partial charge is 0.483 e. The molecular formula is C7H12O2. The average molecular weight is 128 g/mol. The van der Waals surface area contributed by atoms with Gasteiger partial charge in [-0.1, -0.05) is 19.1 Å². The van der Waals surface area contributed by atoms with E-state index in [1.807, 2.05) is 0 Å². The number of carbonyl (C=O) groups is 1. The van der Waals surface area contributed by atoms with Gasteiger partial charge in [-0.25, -0.2) is 0 Å². The van der Waals surface area contributed by atoms with Crippen molar-refractivity contribution >= 4 is 6.47 Å². The van der Waals surface area contributed by atoms with Crippen molar-refractivity contribution in [3.63, 3.8) is 0 Å². The highest BCUT2D eigenvalue weighted by Gasteiger charge is 1.99. The molecule has 0 spiro atoms. The van der Waals surface area contributed by atoms with Crippen LogP contribution < -0.4 is 0 Å². The summed E-state index contributed by atoms with van der Waals surface area (Å²) in [6.07, 6.45) is 7.12. The Morgan fingerprint density at radius 2 is 1.89 bits per heavy atom. The fourth-order valence-corrected chi connectivity index (χ4v) is 0.753. The molecule has 0 fully saturated rings. The number of hydrogen-bond donors (Lipinski definition) is 1. The lowest BCUT2D eigenvalue weighted by Gasteiger charge is -1.92. The monoisotopic (exact) mass is 128 g/mol. The summed E-state index contributed by atoms with van der Waals surface area (Å²) in [5.74, 6) is 0.935. The van der Waals surface area contributed by atoms with Crippen molar-refractivity contribution in [3.05, 3.63) is 12.2 Å². The van der Waals surface area contributed by atoms with Gasteiger partial charge in [-0.3, -0.25) is 4.79 Å². The summed E-state index contributed by atoms with van der Waals surface area (Å²) in [5.41, 5.74) is 0. The standard InChI is InChI=1S/C6H10.CH2O2/c1-6-4-2-3-5-6;2-1-3/h2-3,6H,4-5H2,1H3;1H,(H,2,3). The summed E-state index contributed by atoms with van der Waals surface area (Å²) >= 11 is 0. The lowest BCUT2D eigenvalue weighted by molar-refractivity contribution is -0.122. The molecule has 1 N–H and O–H groups in total. The highest BCUT2D eigenvalue weighted by atomic mass is 16.3. The van der Waals surface area contributed by atoms with Gasteiger partial charge in [-0.05, 0) is 18.8 Å². The van der Waals surface area contributed by atoms with Gasteiger partial charge < -0.3 is 5.11 Å². The Bertz CT molecular complexity index is 89.1. The van der Waals surface area contributed by atoms with Gasteiger partial charge in [0.1, 0.15) is 0 Å². The fourth-order valence-electron chi connectivity index (χ4n) is 0.753. The van der Waals surface area contributed by atoms with E-state index in [1.54, 1.807) is 0 Å². The Morgan fingerprint density at radius 3 is 2.00 bits per heavy atom. The van der Waals surface area contributed by atoms with Crippen molar-refractivity contribution in [1.29, 1.82) is 0 Å². The van der Waals surface area contributed by atoms with Crippen LogP contribution in [-0.2, 0) is 4.79 Å². The van der Waals surface area contributed by atoms with Crippen molar-refractivity contribution in [1.82, 2.24) is 0 Å². The lowest BCUT2D eigenvalue weighted by atomic mass is 10.1. The summed E-state index contributed by atoms with van der Waals surface area (Å²) in [7, 11) is 0. The summed E-state index contributed by atoms with van der Waals surface area (Å²) in [6.45, 7) is 2.03. The second-order valence-corrected chi connectivity index (χ2v) is 2.15. The molecule has 0 bridgehead atoms. The maximum absolute atomic E-state index is 8.36. The molecule has 0 aliphatic heterocycles. The zero-order chi connectivity index (χ0) is 7.11. The Morgan fingerprint density at radius 1 is 1.56 bits per heavy atom. The average Bonchev–Trinajstić information content (AvgIpc) is 2.20. The van der Waals surface area contributed by atoms with E-state index in [-0.39, 0.29) is 6.47 Å². The third-order valence-corrected chi connectivity index (χ3v) is 1.24. The van der Waals surface area contributed by atoms with Crippen LogP contribution in [0.1, 0.15) is 19.8 Å². The van der Waals surface area contributed by atoms with E-state index in [4.69, 9.17) is 9.90 Å². The third kappa shape index (κ3) is 5.07. The molecule has 1 rings (SSSR count). The Hall–Kier alpha value is -0.790. The molecule has 0 aromatic rings. The van der Waals surface area contributed by atoms with Gasteiger partial charge in [-0.15, -0.1) is 0 Å². The van der Waals surface area contributed by atoms with E-state index in [1.165, 1.54) is 12.8 Å². The zero-order valence-electron chi connectivity index (χ0n) is 5.58. The van der Waals surface area contributed by atoms with Crippen molar-refractivity contribution in [2.75, 3.05) is 0 Å². The highest BCUT2D eigenvalue weighted by molar-refractivity contribution is 5.32. The van der Waals surface area contributed by atoms with Crippen LogP contribution in [0.5, 0.6) is 0 Å². The van der Waals surface area contributed by atoms with Gasteiger partial charge in [-0.2, -0.15) is 0 Å². The van der Waals surface area contributed by atoms with Crippen LogP contribution in [-0.4, -0.2) is 11.6 Å².